The molecule has 0 atom stereocenters. The number of ether oxygens (including phenoxy) is 1. The first-order chi connectivity index (χ1) is 18.9. The highest BCUT2D eigenvalue weighted by Gasteiger charge is 2.39. The average molecular weight is 521 g/mol. The quantitative estimate of drug-likeness (QED) is 0.257. The number of hydrogen-bond acceptors (Lipinski definition) is 4. The number of fused-ring (bicyclic) bond motifs is 1. The van der Waals surface area contributed by atoms with Gasteiger partial charge in [0, 0.05) is 25.5 Å². The molecule has 39 heavy (non-hydrogen) atoms. The number of carbonyl (C=O) groups excluding carboxylic acids is 2. The van der Waals surface area contributed by atoms with Gasteiger partial charge in [0.25, 0.3) is 0 Å². The minimum absolute atomic E-state index is 0.0778. The number of nitrogens with zero attached hydrogens (tertiary/aromatic N) is 1. The number of methoxy groups -OCH3 is 1. The summed E-state index contributed by atoms with van der Waals surface area (Å²) in [6.45, 7) is 0. The van der Waals surface area contributed by atoms with Crippen LogP contribution >= 0.6 is 0 Å². The summed E-state index contributed by atoms with van der Waals surface area (Å²) in [5.41, 5.74) is 5.52. The van der Waals surface area contributed by atoms with Gasteiger partial charge in [-0.25, -0.2) is 4.79 Å². The smallest absolute Gasteiger partial charge is 0.337 e. The van der Waals surface area contributed by atoms with Crippen LogP contribution in [0.5, 0.6) is 0 Å². The van der Waals surface area contributed by atoms with Crippen molar-refractivity contribution in [3.05, 3.63) is 96.1 Å². The Balaban J connectivity index is 1.35. The van der Waals surface area contributed by atoms with Crippen molar-refractivity contribution < 1.29 is 14.3 Å². The zero-order valence-corrected chi connectivity index (χ0v) is 23.0. The largest absolute Gasteiger partial charge is 0.465 e. The first-order valence-corrected chi connectivity index (χ1v) is 13.7. The van der Waals surface area contributed by atoms with E-state index in [0.29, 0.717) is 5.56 Å². The lowest BCUT2D eigenvalue weighted by Gasteiger charge is -2.36. The van der Waals surface area contributed by atoms with Crippen molar-refractivity contribution in [2.24, 2.45) is 5.41 Å². The standard InChI is InChI=1S/C34H36N2O3/c1-36(2)31-17-14-26(15-18-31)25-9-7-24(8-10-25)23-34(19-5-4-6-20-34)33(38)35-30-16-13-27-11-12-28(32(37)39-3)21-29(27)22-30/h7-18,21-22H,4-6,19-20,23H2,1-3H3,(H,35,38). The van der Waals surface area contributed by atoms with E-state index in [0.717, 1.165) is 48.6 Å². The molecule has 5 heteroatoms. The van der Waals surface area contributed by atoms with Crippen LogP contribution in [0.3, 0.4) is 0 Å². The Kier molecular flexibility index (Phi) is 7.69. The van der Waals surface area contributed by atoms with Crippen molar-refractivity contribution in [2.45, 2.75) is 38.5 Å². The number of benzene rings is 4. The predicted molar refractivity (Wildman–Crippen MR) is 159 cm³/mol. The molecular formula is C34H36N2O3. The molecule has 200 valence electrons. The SMILES string of the molecule is COC(=O)c1ccc2ccc(NC(=O)C3(Cc4ccc(-c5ccc(N(C)C)cc5)cc4)CCCCC3)cc2c1. The molecule has 4 aromatic rings. The van der Waals surface area contributed by atoms with Crippen molar-refractivity contribution in [3.63, 3.8) is 0 Å². The molecular weight excluding hydrogens is 484 g/mol. The van der Waals surface area contributed by atoms with Crippen LogP contribution < -0.4 is 10.2 Å². The fraction of sp³-hybridized carbons (Fsp3) is 0.294. The van der Waals surface area contributed by atoms with E-state index in [1.165, 1.54) is 35.9 Å². The third-order valence-electron chi connectivity index (χ3n) is 8.03. The molecule has 0 saturated heterocycles. The Morgan fingerprint density at radius 2 is 1.44 bits per heavy atom. The first kappa shape index (κ1) is 26.5. The van der Waals surface area contributed by atoms with E-state index >= 15 is 0 Å². The minimum atomic E-state index is -0.435. The molecule has 5 nitrogen and oxygen atoms in total. The van der Waals surface area contributed by atoms with Gasteiger partial charge in [0.05, 0.1) is 18.1 Å². The monoisotopic (exact) mass is 520 g/mol. The van der Waals surface area contributed by atoms with E-state index in [9.17, 15) is 9.59 Å². The summed E-state index contributed by atoms with van der Waals surface area (Å²) in [6.07, 6.45) is 5.77. The molecule has 0 unspecified atom stereocenters. The molecule has 0 radical (unpaired) electrons. The van der Waals surface area contributed by atoms with Gasteiger partial charge in [0.15, 0.2) is 0 Å². The van der Waals surface area contributed by atoms with Gasteiger partial charge in [-0.2, -0.15) is 0 Å². The molecule has 1 aliphatic carbocycles. The van der Waals surface area contributed by atoms with Crippen molar-refractivity contribution in [1.82, 2.24) is 0 Å². The molecule has 0 bridgehead atoms. The highest BCUT2D eigenvalue weighted by molar-refractivity contribution is 6.00. The fourth-order valence-electron chi connectivity index (χ4n) is 5.70. The average Bonchev–Trinajstić information content (AvgIpc) is 2.97. The summed E-state index contributed by atoms with van der Waals surface area (Å²) in [6, 6.07) is 28.5. The summed E-state index contributed by atoms with van der Waals surface area (Å²) < 4.78 is 4.86. The van der Waals surface area contributed by atoms with Crippen LogP contribution in [0.2, 0.25) is 0 Å². The normalized spacial score (nSPS) is 14.5. The van der Waals surface area contributed by atoms with Gasteiger partial charge in [-0.1, -0.05) is 67.8 Å². The Morgan fingerprint density at radius 3 is 2.08 bits per heavy atom. The second-order valence-corrected chi connectivity index (χ2v) is 10.9. The van der Waals surface area contributed by atoms with E-state index in [-0.39, 0.29) is 11.9 Å². The lowest BCUT2D eigenvalue weighted by atomic mass is 9.69. The topological polar surface area (TPSA) is 58.6 Å². The maximum atomic E-state index is 13.8. The molecule has 0 heterocycles. The van der Waals surface area contributed by atoms with Gasteiger partial charge >= 0.3 is 5.97 Å². The number of anilines is 2. The Labute approximate surface area is 230 Å². The molecule has 4 aromatic carbocycles. The highest BCUT2D eigenvalue weighted by atomic mass is 16.5. The van der Waals surface area contributed by atoms with E-state index in [2.05, 4.69) is 58.7 Å². The molecule has 1 amide bonds. The summed E-state index contributed by atoms with van der Waals surface area (Å²) in [5, 5.41) is 5.12. The van der Waals surface area contributed by atoms with Crippen LogP contribution in [0, 0.1) is 5.41 Å². The molecule has 0 aromatic heterocycles. The number of carbonyl (C=O) groups is 2. The Bertz CT molecular complexity index is 1470. The van der Waals surface area contributed by atoms with Crippen molar-refractivity contribution in [1.29, 1.82) is 0 Å². The molecule has 0 spiro atoms. The molecule has 1 fully saturated rings. The van der Waals surface area contributed by atoms with Crippen molar-refractivity contribution >= 4 is 34.0 Å². The first-order valence-electron chi connectivity index (χ1n) is 13.7. The van der Waals surface area contributed by atoms with E-state index in [1.807, 2.05) is 44.4 Å². The third kappa shape index (κ3) is 5.83. The molecule has 1 N–H and O–H groups in total. The maximum Gasteiger partial charge on any atom is 0.337 e. The predicted octanol–water partition coefficient (Wildman–Crippen LogP) is 7.49. The second-order valence-electron chi connectivity index (χ2n) is 10.9. The number of esters is 1. The minimum Gasteiger partial charge on any atom is -0.465 e. The van der Waals surface area contributed by atoms with Crippen LogP contribution in [0.4, 0.5) is 11.4 Å². The van der Waals surface area contributed by atoms with E-state index in [4.69, 9.17) is 4.74 Å². The molecule has 5 rings (SSSR count). The summed E-state index contributed by atoms with van der Waals surface area (Å²) in [4.78, 5) is 27.9. The number of amides is 1. The second kappa shape index (κ2) is 11.3. The highest BCUT2D eigenvalue weighted by Crippen LogP contribution is 2.41. The van der Waals surface area contributed by atoms with Gasteiger partial charge in [0.1, 0.15) is 0 Å². The van der Waals surface area contributed by atoms with E-state index < -0.39 is 5.41 Å². The van der Waals surface area contributed by atoms with Gasteiger partial charge in [-0.3, -0.25) is 4.79 Å². The zero-order chi connectivity index (χ0) is 27.4. The lowest BCUT2D eigenvalue weighted by Crippen LogP contribution is -2.40. The molecule has 1 saturated carbocycles. The van der Waals surface area contributed by atoms with Gasteiger partial charge in [0.2, 0.25) is 5.91 Å². The maximum absolute atomic E-state index is 13.8. The number of nitrogens with one attached hydrogen (secondary N) is 1. The van der Waals surface area contributed by atoms with Crippen LogP contribution in [0.25, 0.3) is 21.9 Å². The van der Waals surface area contributed by atoms with Gasteiger partial charge in [-0.05, 0) is 83.1 Å². The molecule has 1 aliphatic rings. The summed E-state index contributed by atoms with van der Waals surface area (Å²) >= 11 is 0. The van der Waals surface area contributed by atoms with Crippen LogP contribution in [0.1, 0.15) is 48.0 Å². The molecule has 0 aliphatic heterocycles. The summed E-state index contributed by atoms with van der Waals surface area (Å²) in [7, 11) is 5.47. The number of rotatable bonds is 7. The van der Waals surface area contributed by atoms with Crippen LogP contribution in [-0.2, 0) is 16.0 Å². The zero-order valence-electron chi connectivity index (χ0n) is 23.0. The van der Waals surface area contributed by atoms with Crippen LogP contribution in [-0.4, -0.2) is 33.1 Å². The fourth-order valence-corrected chi connectivity index (χ4v) is 5.70. The lowest BCUT2D eigenvalue weighted by molar-refractivity contribution is -0.127. The Hall–Kier alpha value is -4.12. The van der Waals surface area contributed by atoms with Crippen molar-refractivity contribution in [2.75, 3.05) is 31.4 Å². The Morgan fingerprint density at radius 1 is 0.795 bits per heavy atom. The van der Waals surface area contributed by atoms with Crippen molar-refractivity contribution in [3.8, 4) is 11.1 Å². The van der Waals surface area contributed by atoms with E-state index in [1.54, 1.807) is 6.07 Å². The van der Waals surface area contributed by atoms with Gasteiger partial charge < -0.3 is 15.0 Å². The third-order valence-corrected chi connectivity index (χ3v) is 8.03. The van der Waals surface area contributed by atoms with Crippen LogP contribution in [0.15, 0.2) is 84.9 Å². The van der Waals surface area contributed by atoms with Gasteiger partial charge in [-0.15, -0.1) is 0 Å². The summed E-state index contributed by atoms with van der Waals surface area (Å²) in [5.74, 6) is -0.293. The number of hydrogen-bond donors (Lipinski definition) is 1.